The standard InChI is InChI=1S/C22H36N2O4S/c1-15-5-8-17-9-12-19(23-29(4)27)20(24(17)21(15)25)14-28-18-10-6-16(7-11-18)13-22(2,3)26/h5,8,16,18-20,23,26H,6-7,9-14H2,1-4H3. The van der Waals surface area contributed by atoms with E-state index in [1.807, 2.05) is 37.5 Å². The number of aromatic nitrogens is 1. The number of hydrogen-bond donors (Lipinski definition) is 2. The summed E-state index contributed by atoms with van der Waals surface area (Å²) in [5.41, 5.74) is 1.17. The molecule has 2 N–H and O–H groups in total. The first-order valence-corrected chi connectivity index (χ1v) is 12.3. The molecular weight excluding hydrogens is 388 g/mol. The van der Waals surface area contributed by atoms with Gasteiger partial charge >= 0.3 is 0 Å². The van der Waals surface area contributed by atoms with E-state index >= 15 is 0 Å². The van der Waals surface area contributed by atoms with Gasteiger partial charge in [-0.25, -0.2) is 0 Å². The van der Waals surface area contributed by atoms with Crippen molar-refractivity contribution in [3.05, 3.63) is 33.7 Å². The molecule has 1 aliphatic carbocycles. The molecule has 0 aromatic carbocycles. The zero-order valence-electron chi connectivity index (χ0n) is 18.1. The molecule has 2 heterocycles. The van der Waals surface area contributed by atoms with Crippen LogP contribution in [0.15, 0.2) is 16.9 Å². The molecule has 0 spiro atoms. The van der Waals surface area contributed by atoms with Gasteiger partial charge in [0.25, 0.3) is 5.56 Å². The molecule has 7 heteroatoms. The fourth-order valence-electron chi connectivity index (χ4n) is 4.92. The van der Waals surface area contributed by atoms with Crippen LogP contribution in [0.1, 0.15) is 69.7 Å². The summed E-state index contributed by atoms with van der Waals surface area (Å²) in [6, 6.07) is 3.73. The van der Waals surface area contributed by atoms with Crippen LogP contribution in [-0.4, -0.2) is 44.8 Å². The average molecular weight is 425 g/mol. The molecule has 6 nitrogen and oxygen atoms in total. The number of ether oxygens (including phenoxy) is 1. The van der Waals surface area contributed by atoms with Crippen LogP contribution in [0, 0.1) is 12.8 Å². The molecule has 0 saturated heterocycles. The largest absolute Gasteiger partial charge is 0.598 e. The second-order valence-electron chi connectivity index (χ2n) is 9.46. The lowest BCUT2D eigenvalue weighted by atomic mass is 9.81. The Hall–Kier alpha value is -0.860. The van der Waals surface area contributed by atoms with Crippen LogP contribution in [-0.2, 0) is 22.5 Å². The Labute approximate surface area is 177 Å². The van der Waals surface area contributed by atoms with Gasteiger partial charge in [0, 0.05) is 22.6 Å². The van der Waals surface area contributed by atoms with Gasteiger partial charge in [0.05, 0.1) is 30.4 Å². The number of rotatable bonds is 7. The molecule has 2 aliphatic rings. The highest BCUT2D eigenvalue weighted by Crippen LogP contribution is 2.33. The van der Waals surface area contributed by atoms with Crippen molar-refractivity contribution >= 4 is 11.4 Å². The number of aryl methyl sites for hydroxylation is 2. The van der Waals surface area contributed by atoms with Crippen LogP contribution < -0.4 is 10.3 Å². The lowest BCUT2D eigenvalue weighted by molar-refractivity contribution is -0.0182. The van der Waals surface area contributed by atoms with Gasteiger partial charge in [-0.1, -0.05) is 6.07 Å². The lowest BCUT2D eigenvalue weighted by Gasteiger charge is -2.37. The molecule has 1 aromatic rings. The third-order valence-corrected chi connectivity index (χ3v) is 6.94. The van der Waals surface area contributed by atoms with Crippen LogP contribution in [0.5, 0.6) is 0 Å². The zero-order chi connectivity index (χ0) is 21.2. The Morgan fingerprint density at radius 1 is 1.28 bits per heavy atom. The van der Waals surface area contributed by atoms with Crippen molar-refractivity contribution in [3.8, 4) is 0 Å². The SMILES string of the molecule is Cc1ccc2n(c1=O)C(COC1CCC(CC(C)(C)O)CC1)C(N[S+](C)[O-])CC2. The number of pyridine rings is 1. The highest BCUT2D eigenvalue weighted by Gasteiger charge is 2.34. The van der Waals surface area contributed by atoms with E-state index in [0.717, 1.165) is 56.2 Å². The van der Waals surface area contributed by atoms with E-state index in [4.69, 9.17) is 4.74 Å². The highest BCUT2D eigenvalue weighted by molar-refractivity contribution is 7.88. The quantitative estimate of drug-likeness (QED) is 0.657. The summed E-state index contributed by atoms with van der Waals surface area (Å²) in [7, 11) is 0. The maximum absolute atomic E-state index is 12.9. The van der Waals surface area contributed by atoms with Crippen LogP contribution >= 0.6 is 0 Å². The smallest absolute Gasteiger partial charge is 0.254 e. The molecule has 3 atom stereocenters. The topological polar surface area (TPSA) is 86.5 Å². The fraction of sp³-hybridized carbons (Fsp3) is 0.773. The van der Waals surface area contributed by atoms with Gasteiger partial charge in [0.2, 0.25) is 0 Å². The van der Waals surface area contributed by atoms with Crippen molar-refractivity contribution in [2.24, 2.45) is 5.92 Å². The summed E-state index contributed by atoms with van der Waals surface area (Å²) in [6.07, 6.45) is 8.39. The zero-order valence-corrected chi connectivity index (χ0v) is 19.0. The molecule has 1 fully saturated rings. The molecule has 29 heavy (non-hydrogen) atoms. The maximum atomic E-state index is 12.9. The Morgan fingerprint density at radius 3 is 2.59 bits per heavy atom. The normalized spacial score (nSPS) is 28.8. The second-order valence-corrected chi connectivity index (χ2v) is 10.6. The summed E-state index contributed by atoms with van der Waals surface area (Å²) >= 11 is -1.14. The van der Waals surface area contributed by atoms with Crippen LogP contribution in [0.4, 0.5) is 0 Å². The predicted octanol–water partition coefficient (Wildman–Crippen LogP) is 2.63. The molecule has 1 saturated carbocycles. The minimum absolute atomic E-state index is 0.0263. The second kappa shape index (κ2) is 9.52. The van der Waals surface area contributed by atoms with Crippen molar-refractivity contribution in [3.63, 3.8) is 0 Å². The number of nitrogens with one attached hydrogen (secondary N) is 1. The van der Waals surface area contributed by atoms with Gasteiger partial charge in [-0.2, -0.15) is 0 Å². The highest BCUT2D eigenvalue weighted by atomic mass is 32.2. The Bertz CT molecular complexity index is 735. The third kappa shape index (κ3) is 6.07. The molecule has 0 bridgehead atoms. The number of nitrogens with zero attached hydrogens (tertiary/aromatic N) is 1. The van der Waals surface area contributed by atoms with Crippen molar-refractivity contribution in [2.45, 2.75) is 89.5 Å². The van der Waals surface area contributed by atoms with Crippen molar-refractivity contribution in [1.82, 2.24) is 9.29 Å². The number of hydrogen-bond acceptors (Lipinski definition) is 5. The first-order valence-electron chi connectivity index (χ1n) is 10.8. The van der Waals surface area contributed by atoms with Gasteiger partial charge in [0.15, 0.2) is 0 Å². The molecule has 0 radical (unpaired) electrons. The van der Waals surface area contributed by atoms with Crippen molar-refractivity contribution in [2.75, 3.05) is 12.9 Å². The van der Waals surface area contributed by atoms with Gasteiger partial charge in [0.1, 0.15) is 6.26 Å². The first kappa shape index (κ1) is 22.8. The molecule has 0 amide bonds. The minimum atomic E-state index is -1.14. The Morgan fingerprint density at radius 2 is 1.97 bits per heavy atom. The third-order valence-electron chi connectivity index (χ3n) is 6.30. The van der Waals surface area contributed by atoms with Gasteiger partial charge < -0.3 is 19.0 Å². The van der Waals surface area contributed by atoms with Gasteiger partial charge in [-0.05, 0) is 77.7 Å². The van der Waals surface area contributed by atoms with E-state index in [1.165, 1.54) is 0 Å². The van der Waals surface area contributed by atoms with E-state index in [-0.39, 0.29) is 23.7 Å². The number of aliphatic hydroxyl groups is 1. The lowest BCUT2D eigenvalue weighted by Crippen LogP contribution is -2.49. The fourth-order valence-corrected chi connectivity index (χ4v) is 5.62. The molecule has 1 aromatic heterocycles. The molecule has 1 aliphatic heterocycles. The van der Waals surface area contributed by atoms with Crippen LogP contribution in [0.3, 0.4) is 0 Å². The first-order chi connectivity index (χ1) is 13.6. The van der Waals surface area contributed by atoms with Crippen molar-refractivity contribution in [1.29, 1.82) is 0 Å². The van der Waals surface area contributed by atoms with E-state index in [0.29, 0.717) is 12.5 Å². The monoisotopic (exact) mass is 424 g/mol. The predicted molar refractivity (Wildman–Crippen MR) is 116 cm³/mol. The van der Waals surface area contributed by atoms with Crippen molar-refractivity contribution < 1.29 is 14.4 Å². The molecule has 164 valence electrons. The van der Waals surface area contributed by atoms with Gasteiger partial charge in [-0.3, -0.25) is 4.79 Å². The van der Waals surface area contributed by atoms with E-state index < -0.39 is 17.0 Å². The average Bonchev–Trinajstić information content (AvgIpc) is 2.63. The minimum Gasteiger partial charge on any atom is -0.598 e. The Balaban J connectivity index is 1.67. The van der Waals surface area contributed by atoms with E-state index in [9.17, 15) is 14.5 Å². The summed E-state index contributed by atoms with van der Waals surface area (Å²) in [5, 5.41) is 10.1. The number of fused-ring (bicyclic) bond motifs is 1. The Kier molecular flexibility index (Phi) is 7.49. The molecular formula is C22H36N2O4S. The van der Waals surface area contributed by atoms with Crippen LogP contribution in [0.2, 0.25) is 0 Å². The molecule has 3 unspecified atom stereocenters. The van der Waals surface area contributed by atoms with E-state index in [1.54, 1.807) is 6.26 Å². The summed E-state index contributed by atoms with van der Waals surface area (Å²) in [4.78, 5) is 12.9. The van der Waals surface area contributed by atoms with Crippen LogP contribution in [0.25, 0.3) is 0 Å². The maximum Gasteiger partial charge on any atom is 0.254 e. The summed E-state index contributed by atoms with van der Waals surface area (Å²) < 4.78 is 23.1. The van der Waals surface area contributed by atoms with Gasteiger partial charge in [-0.15, -0.1) is 4.72 Å². The van der Waals surface area contributed by atoms with E-state index in [2.05, 4.69) is 4.72 Å². The summed E-state index contributed by atoms with van der Waals surface area (Å²) in [6.45, 7) is 6.04. The molecule has 3 rings (SSSR count). The summed E-state index contributed by atoms with van der Waals surface area (Å²) in [5.74, 6) is 0.549.